The first-order chi connectivity index (χ1) is 11.2. The van der Waals surface area contributed by atoms with E-state index in [1.54, 1.807) is 0 Å². The fraction of sp³-hybridized carbons (Fsp3) is 0.471. The van der Waals surface area contributed by atoms with Gasteiger partial charge in [-0.3, -0.25) is 4.79 Å². The van der Waals surface area contributed by atoms with Crippen LogP contribution in [0.1, 0.15) is 56.3 Å². The summed E-state index contributed by atoms with van der Waals surface area (Å²) in [5.41, 5.74) is 3.24. The highest BCUT2D eigenvalue weighted by Crippen LogP contribution is 2.35. The molecule has 0 saturated heterocycles. The second-order valence-electron chi connectivity index (χ2n) is 6.06. The van der Waals surface area contributed by atoms with Crippen molar-refractivity contribution in [3.63, 3.8) is 0 Å². The van der Waals surface area contributed by atoms with Crippen LogP contribution in [-0.4, -0.2) is 26.0 Å². The fourth-order valence-corrected chi connectivity index (χ4v) is 3.33. The van der Waals surface area contributed by atoms with Crippen molar-refractivity contribution in [2.75, 3.05) is 5.32 Å². The van der Waals surface area contributed by atoms with Crippen molar-refractivity contribution >= 4 is 11.6 Å². The molecule has 0 aliphatic heterocycles. The van der Waals surface area contributed by atoms with Crippen molar-refractivity contribution in [3.8, 4) is 5.69 Å². The van der Waals surface area contributed by atoms with E-state index in [4.69, 9.17) is 0 Å². The molecule has 1 heterocycles. The molecule has 0 atom stereocenters. The molecule has 1 fully saturated rings. The van der Waals surface area contributed by atoms with Gasteiger partial charge in [-0.2, -0.15) is 0 Å². The minimum atomic E-state index is -0.107. The van der Waals surface area contributed by atoms with Gasteiger partial charge in [0, 0.05) is 18.5 Å². The van der Waals surface area contributed by atoms with Crippen molar-refractivity contribution in [2.45, 2.75) is 51.6 Å². The second-order valence-corrected chi connectivity index (χ2v) is 6.06. The molecule has 23 heavy (non-hydrogen) atoms. The highest BCUT2D eigenvalue weighted by atomic mass is 16.3. The van der Waals surface area contributed by atoms with Crippen molar-refractivity contribution in [1.82, 2.24) is 15.0 Å². The van der Waals surface area contributed by atoms with Crippen LogP contribution in [0.25, 0.3) is 5.69 Å². The molecular formula is C17H22N4O2. The summed E-state index contributed by atoms with van der Waals surface area (Å²) in [5.74, 6) is 0.273. The van der Waals surface area contributed by atoms with E-state index in [2.05, 4.69) is 15.6 Å². The number of hydrogen-bond donors (Lipinski definition) is 2. The third kappa shape index (κ3) is 3.42. The lowest BCUT2D eigenvalue weighted by Gasteiger charge is -2.23. The van der Waals surface area contributed by atoms with Crippen LogP contribution in [0.15, 0.2) is 24.3 Å². The molecule has 2 aromatic rings. The number of amides is 1. The number of aliphatic hydroxyl groups is 1. The first kappa shape index (κ1) is 15.7. The molecule has 3 rings (SSSR count). The number of hydrogen-bond acceptors (Lipinski definition) is 4. The number of carbonyl (C=O) groups excluding carboxylic acids is 1. The summed E-state index contributed by atoms with van der Waals surface area (Å²) in [6.07, 6.45) is 5.88. The number of rotatable bonds is 4. The first-order valence-electron chi connectivity index (χ1n) is 8.12. The molecule has 1 amide bonds. The minimum Gasteiger partial charge on any atom is -0.390 e. The van der Waals surface area contributed by atoms with E-state index in [9.17, 15) is 9.90 Å². The van der Waals surface area contributed by atoms with Crippen LogP contribution in [0.4, 0.5) is 5.69 Å². The van der Waals surface area contributed by atoms with Gasteiger partial charge in [-0.15, -0.1) is 5.10 Å². The number of aliphatic hydroxyl groups excluding tert-OH is 1. The van der Waals surface area contributed by atoms with Gasteiger partial charge >= 0.3 is 0 Å². The number of benzene rings is 1. The largest absolute Gasteiger partial charge is 0.390 e. The molecule has 6 heteroatoms. The van der Waals surface area contributed by atoms with E-state index in [-0.39, 0.29) is 12.5 Å². The van der Waals surface area contributed by atoms with Crippen molar-refractivity contribution < 1.29 is 9.90 Å². The Kier molecular flexibility index (Phi) is 4.71. The Bertz CT molecular complexity index is 690. The molecule has 1 aromatic carbocycles. The number of carbonyl (C=O) groups is 1. The Morgan fingerprint density at radius 2 is 2.13 bits per heavy atom. The highest BCUT2D eigenvalue weighted by Gasteiger charge is 2.24. The number of aromatic nitrogens is 3. The van der Waals surface area contributed by atoms with Gasteiger partial charge in [0.2, 0.25) is 5.91 Å². The summed E-state index contributed by atoms with van der Waals surface area (Å²) in [4.78, 5) is 11.2. The van der Waals surface area contributed by atoms with E-state index in [1.165, 1.54) is 26.2 Å². The van der Waals surface area contributed by atoms with Gasteiger partial charge < -0.3 is 10.4 Å². The maximum absolute atomic E-state index is 11.2. The van der Waals surface area contributed by atoms with Crippen molar-refractivity contribution in [3.05, 3.63) is 35.7 Å². The van der Waals surface area contributed by atoms with Gasteiger partial charge in [0.15, 0.2) is 0 Å². The predicted octanol–water partition coefficient (Wildman–Crippen LogP) is 2.77. The zero-order valence-electron chi connectivity index (χ0n) is 13.3. The van der Waals surface area contributed by atoms with Crippen molar-refractivity contribution in [2.24, 2.45) is 0 Å². The van der Waals surface area contributed by atoms with E-state index in [1.807, 2.05) is 28.9 Å². The van der Waals surface area contributed by atoms with Crippen LogP contribution >= 0.6 is 0 Å². The van der Waals surface area contributed by atoms with E-state index >= 15 is 0 Å². The van der Waals surface area contributed by atoms with E-state index in [0.29, 0.717) is 11.6 Å². The Morgan fingerprint density at radius 3 is 2.83 bits per heavy atom. The van der Waals surface area contributed by atoms with Crippen LogP contribution < -0.4 is 5.32 Å². The quantitative estimate of drug-likeness (QED) is 0.909. The molecule has 1 aliphatic carbocycles. The molecule has 0 unspecified atom stereocenters. The van der Waals surface area contributed by atoms with E-state index < -0.39 is 0 Å². The molecule has 0 spiro atoms. The average Bonchev–Trinajstić information content (AvgIpc) is 2.99. The standard InChI is InChI=1S/C17H22N4O2/c1-12(23)18-14-8-5-9-15(10-14)21-17(16(11-22)19-20-21)13-6-3-2-4-7-13/h5,8-10,13,22H,2-4,6-7,11H2,1H3,(H,18,23). The third-order valence-corrected chi connectivity index (χ3v) is 4.33. The van der Waals surface area contributed by atoms with E-state index in [0.717, 1.165) is 29.9 Å². The Morgan fingerprint density at radius 1 is 1.35 bits per heavy atom. The Balaban J connectivity index is 1.99. The summed E-state index contributed by atoms with van der Waals surface area (Å²) in [7, 11) is 0. The third-order valence-electron chi connectivity index (χ3n) is 4.33. The van der Waals surface area contributed by atoms with Crippen LogP contribution in [0.5, 0.6) is 0 Å². The SMILES string of the molecule is CC(=O)Nc1cccc(-n2nnc(CO)c2C2CCCCC2)c1. The van der Waals surface area contributed by atoms with Gasteiger partial charge in [0.05, 0.1) is 18.0 Å². The molecule has 1 saturated carbocycles. The smallest absolute Gasteiger partial charge is 0.221 e. The van der Waals surface area contributed by atoms with Gasteiger partial charge in [-0.25, -0.2) is 4.68 Å². The summed E-state index contributed by atoms with van der Waals surface area (Å²) >= 11 is 0. The summed E-state index contributed by atoms with van der Waals surface area (Å²) in [6, 6.07) is 7.54. The summed E-state index contributed by atoms with van der Waals surface area (Å²) in [6.45, 7) is 1.39. The number of nitrogens with one attached hydrogen (secondary N) is 1. The Hall–Kier alpha value is -2.21. The molecule has 1 aromatic heterocycles. The molecule has 6 nitrogen and oxygen atoms in total. The van der Waals surface area contributed by atoms with Gasteiger partial charge in [-0.05, 0) is 31.0 Å². The lowest BCUT2D eigenvalue weighted by atomic mass is 9.86. The minimum absolute atomic E-state index is 0.1000. The molecule has 2 N–H and O–H groups in total. The van der Waals surface area contributed by atoms with Crippen LogP contribution in [0, 0.1) is 0 Å². The molecule has 0 bridgehead atoms. The highest BCUT2D eigenvalue weighted by molar-refractivity contribution is 5.88. The summed E-state index contributed by atoms with van der Waals surface area (Å²) in [5, 5.41) is 20.8. The normalized spacial score (nSPS) is 15.6. The lowest BCUT2D eigenvalue weighted by molar-refractivity contribution is -0.114. The zero-order chi connectivity index (χ0) is 16.2. The zero-order valence-corrected chi connectivity index (χ0v) is 13.3. The maximum Gasteiger partial charge on any atom is 0.221 e. The predicted molar refractivity (Wildman–Crippen MR) is 87.4 cm³/mol. The molecule has 122 valence electrons. The van der Waals surface area contributed by atoms with Gasteiger partial charge in [0.1, 0.15) is 5.69 Å². The monoisotopic (exact) mass is 314 g/mol. The summed E-state index contributed by atoms with van der Waals surface area (Å²) < 4.78 is 1.81. The second kappa shape index (κ2) is 6.91. The topological polar surface area (TPSA) is 80.0 Å². The molecular weight excluding hydrogens is 292 g/mol. The average molecular weight is 314 g/mol. The first-order valence-corrected chi connectivity index (χ1v) is 8.12. The molecule has 1 aliphatic rings. The Labute approximate surface area is 135 Å². The van der Waals surface area contributed by atoms with Gasteiger partial charge in [-0.1, -0.05) is 30.5 Å². The van der Waals surface area contributed by atoms with Crippen LogP contribution in [-0.2, 0) is 11.4 Å². The number of nitrogens with zero attached hydrogens (tertiary/aromatic N) is 3. The fourth-order valence-electron chi connectivity index (χ4n) is 3.33. The van der Waals surface area contributed by atoms with Crippen molar-refractivity contribution in [1.29, 1.82) is 0 Å². The maximum atomic E-state index is 11.2. The van der Waals surface area contributed by atoms with Crippen LogP contribution in [0.3, 0.4) is 0 Å². The van der Waals surface area contributed by atoms with Crippen LogP contribution in [0.2, 0.25) is 0 Å². The lowest BCUT2D eigenvalue weighted by Crippen LogP contribution is -2.13. The number of anilines is 1. The molecule has 0 radical (unpaired) electrons. The van der Waals surface area contributed by atoms with Gasteiger partial charge in [0.25, 0.3) is 0 Å².